The number of fused-ring (bicyclic) bond motifs is 1. The summed E-state index contributed by atoms with van der Waals surface area (Å²) in [5.74, 6) is -0.000560. The maximum Gasteiger partial charge on any atom is 0.253 e. The Kier molecular flexibility index (Phi) is 5.97. The summed E-state index contributed by atoms with van der Waals surface area (Å²) in [6.07, 6.45) is 4.96. The van der Waals surface area contributed by atoms with E-state index in [1.165, 1.54) is 10.5 Å². The van der Waals surface area contributed by atoms with Crippen molar-refractivity contribution in [2.45, 2.75) is 30.7 Å². The third-order valence-electron chi connectivity index (χ3n) is 5.52. The van der Waals surface area contributed by atoms with Crippen LogP contribution in [0.3, 0.4) is 0 Å². The number of amides is 1. The Balaban J connectivity index is 1.36. The number of rotatable bonds is 6. The van der Waals surface area contributed by atoms with Crippen LogP contribution < -0.4 is 5.32 Å². The smallest absolute Gasteiger partial charge is 0.253 e. The summed E-state index contributed by atoms with van der Waals surface area (Å²) in [6.45, 7) is 1.13. The van der Waals surface area contributed by atoms with E-state index in [0.717, 1.165) is 10.9 Å². The number of nitrogens with one attached hydrogen (secondary N) is 2. The zero-order valence-corrected chi connectivity index (χ0v) is 17.6. The Bertz CT molecular complexity index is 1220. The van der Waals surface area contributed by atoms with E-state index in [1.807, 2.05) is 0 Å². The van der Waals surface area contributed by atoms with Crippen molar-refractivity contribution in [3.8, 4) is 6.07 Å². The van der Waals surface area contributed by atoms with Crippen LogP contribution in [0.15, 0.2) is 47.6 Å². The fourth-order valence-electron chi connectivity index (χ4n) is 3.66. The van der Waals surface area contributed by atoms with Gasteiger partial charge in [0.05, 0.1) is 22.7 Å². The lowest BCUT2D eigenvalue weighted by Crippen LogP contribution is -2.38. The summed E-state index contributed by atoms with van der Waals surface area (Å²) in [4.78, 5) is 16.8. The third-order valence-corrected chi connectivity index (χ3v) is 7.43. The second-order valence-corrected chi connectivity index (χ2v) is 9.51. The summed E-state index contributed by atoms with van der Waals surface area (Å²) in [5.41, 5.74) is 1.83. The van der Waals surface area contributed by atoms with Crippen molar-refractivity contribution < 1.29 is 13.2 Å². The van der Waals surface area contributed by atoms with Crippen LogP contribution in [-0.2, 0) is 16.6 Å². The first-order chi connectivity index (χ1) is 15.0. The number of benzene rings is 1. The van der Waals surface area contributed by atoms with Gasteiger partial charge in [-0.05, 0) is 42.5 Å². The number of aromatic nitrogens is 3. The van der Waals surface area contributed by atoms with Crippen molar-refractivity contribution in [2.24, 2.45) is 5.92 Å². The molecule has 4 rings (SSSR count). The van der Waals surface area contributed by atoms with E-state index < -0.39 is 10.0 Å². The number of hydrogen-bond donors (Lipinski definition) is 2. The van der Waals surface area contributed by atoms with Gasteiger partial charge in [-0.25, -0.2) is 13.4 Å². The summed E-state index contributed by atoms with van der Waals surface area (Å²) >= 11 is 0. The SMILES string of the molecule is N#CCC1CCN(S(=O)(=O)c2ccc(CNC(=O)c3cnc4[nH]ncc4c3)cc2)CC1. The summed E-state index contributed by atoms with van der Waals surface area (Å²) in [5, 5.41) is 19.0. The van der Waals surface area contributed by atoms with Crippen LogP contribution in [0, 0.1) is 17.2 Å². The lowest BCUT2D eigenvalue weighted by molar-refractivity contribution is 0.0950. The first kappa shape index (κ1) is 21.0. The molecule has 3 aromatic rings. The first-order valence-corrected chi connectivity index (χ1v) is 11.4. The van der Waals surface area contributed by atoms with E-state index in [1.54, 1.807) is 36.5 Å². The number of hydrogen-bond acceptors (Lipinski definition) is 6. The number of H-pyrrole nitrogens is 1. The predicted octanol–water partition coefficient (Wildman–Crippen LogP) is 2.20. The number of carbonyl (C=O) groups is 1. The molecule has 2 N–H and O–H groups in total. The van der Waals surface area contributed by atoms with Gasteiger partial charge in [0.2, 0.25) is 10.0 Å². The highest BCUT2D eigenvalue weighted by molar-refractivity contribution is 7.89. The molecule has 31 heavy (non-hydrogen) atoms. The monoisotopic (exact) mass is 438 g/mol. The van der Waals surface area contributed by atoms with Crippen molar-refractivity contribution in [3.63, 3.8) is 0 Å². The van der Waals surface area contributed by atoms with Crippen LogP contribution in [0.4, 0.5) is 0 Å². The number of pyridine rings is 1. The Morgan fingerprint density at radius 1 is 1.23 bits per heavy atom. The Morgan fingerprint density at radius 2 is 1.97 bits per heavy atom. The minimum atomic E-state index is -3.56. The molecule has 1 aromatic carbocycles. The second-order valence-electron chi connectivity index (χ2n) is 7.57. The minimum absolute atomic E-state index is 0.232. The molecule has 2 aromatic heterocycles. The van der Waals surface area contributed by atoms with Gasteiger partial charge < -0.3 is 5.32 Å². The molecule has 1 aliphatic heterocycles. The average molecular weight is 439 g/mol. The Labute approximate surface area is 180 Å². The van der Waals surface area contributed by atoms with E-state index >= 15 is 0 Å². The topological polar surface area (TPSA) is 132 Å². The Morgan fingerprint density at radius 3 is 2.68 bits per heavy atom. The highest BCUT2D eigenvalue weighted by Gasteiger charge is 2.29. The van der Waals surface area contributed by atoms with Gasteiger partial charge >= 0.3 is 0 Å². The summed E-state index contributed by atoms with van der Waals surface area (Å²) in [6, 6.07) is 10.4. The quantitative estimate of drug-likeness (QED) is 0.606. The van der Waals surface area contributed by atoms with Crippen molar-refractivity contribution >= 4 is 27.0 Å². The van der Waals surface area contributed by atoms with Gasteiger partial charge in [0.1, 0.15) is 0 Å². The van der Waals surface area contributed by atoms with Gasteiger partial charge in [0.25, 0.3) is 5.91 Å². The van der Waals surface area contributed by atoms with Crippen LogP contribution in [0.5, 0.6) is 0 Å². The van der Waals surface area contributed by atoms with Gasteiger partial charge in [-0.3, -0.25) is 9.89 Å². The van der Waals surface area contributed by atoms with E-state index in [2.05, 4.69) is 26.6 Å². The maximum atomic E-state index is 12.9. The van der Waals surface area contributed by atoms with Crippen LogP contribution in [0.25, 0.3) is 11.0 Å². The lowest BCUT2D eigenvalue weighted by atomic mass is 9.95. The molecule has 1 amide bonds. The van der Waals surface area contributed by atoms with E-state index in [9.17, 15) is 13.2 Å². The molecular formula is C21H22N6O3S. The predicted molar refractivity (Wildman–Crippen MR) is 113 cm³/mol. The average Bonchev–Trinajstić information content (AvgIpc) is 3.26. The number of aromatic amines is 1. The highest BCUT2D eigenvalue weighted by atomic mass is 32.2. The normalized spacial score (nSPS) is 15.6. The molecule has 3 heterocycles. The molecule has 0 unspecified atom stereocenters. The zero-order chi connectivity index (χ0) is 21.8. The Hall–Kier alpha value is -3.29. The van der Waals surface area contributed by atoms with Crippen molar-refractivity contribution in [1.29, 1.82) is 5.26 Å². The molecule has 1 saturated heterocycles. The molecule has 10 heteroatoms. The van der Waals surface area contributed by atoms with E-state index in [0.29, 0.717) is 43.6 Å². The largest absolute Gasteiger partial charge is 0.348 e. The summed E-state index contributed by atoms with van der Waals surface area (Å²) < 4.78 is 27.2. The van der Waals surface area contributed by atoms with E-state index in [4.69, 9.17) is 5.26 Å². The fourth-order valence-corrected chi connectivity index (χ4v) is 5.13. The van der Waals surface area contributed by atoms with Gasteiger partial charge in [0.15, 0.2) is 5.65 Å². The number of sulfonamides is 1. The molecule has 160 valence electrons. The van der Waals surface area contributed by atoms with E-state index in [-0.39, 0.29) is 23.3 Å². The zero-order valence-electron chi connectivity index (χ0n) is 16.8. The molecule has 0 bridgehead atoms. The van der Waals surface area contributed by atoms with Gasteiger partial charge in [-0.2, -0.15) is 14.7 Å². The molecule has 1 fully saturated rings. The van der Waals surface area contributed by atoms with Crippen molar-refractivity contribution in [1.82, 2.24) is 24.8 Å². The molecule has 0 atom stereocenters. The standard InChI is InChI=1S/C21H22N6O3S/c22-8-5-15-6-9-27(10-7-15)31(29,30)19-3-1-16(2-4-19)12-24-21(28)18-11-17-14-25-26-20(17)23-13-18/h1-4,11,13-15H,5-7,9-10,12H2,(H,24,28)(H,23,25,26). The van der Waals surface area contributed by atoms with Crippen molar-refractivity contribution in [2.75, 3.05) is 13.1 Å². The first-order valence-electron chi connectivity index (χ1n) is 10.0. The maximum absolute atomic E-state index is 12.9. The van der Waals surface area contributed by atoms with Gasteiger partial charge in [0, 0.05) is 37.6 Å². The minimum Gasteiger partial charge on any atom is -0.348 e. The number of nitriles is 1. The van der Waals surface area contributed by atoms with Crippen LogP contribution in [0.1, 0.15) is 35.2 Å². The fraction of sp³-hybridized carbons (Fsp3) is 0.333. The lowest BCUT2D eigenvalue weighted by Gasteiger charge is -2.30. The highest BCUT2D eigenvalue weighted by Crippen LogP contribution is 2.25. The third kappa shape index (κ3) is 4.57. The molecule has 0 aliphatic carbocycles. The van der Waals surface area contributed by atoms with Crippen molar-refractivity contribution in [3.05, 3.63) is 53.9 Å². The molecule has 1 aliphatic rings. The van der Waals surface area contributed by atoms with Crippen LogP contribution >= 0.6 is 0 Å². The van der Waals surface area contributed by atoms with Crippen LogP contribution in [0.2, 0.25) is 0 Å². The second kappa shape index (κ2) is 8.83. The molecule has 0 saturated carbocycles. The number of piperidine rings is 1. The summed E-state index contributed by atoms with van der Waals surface area (Å²) in [7, 11) is -3.56. The molecule has 0 spiro atoms. The number of carbonyl (C=O) groups excluding carboxylic acids is 1. The molecular weight excluding hydrogens is 416 g/mol. The van der Waals surface area contributed by atoms with Crippen LogP contribution in [-0.4, -0.2) is 46.9 Å². The van der Waals surface area contributed by atoms with Gasteiger partial charge in [-0.15, -0.1) is 0 Å². The van der Waals surface area contributed by atoms with Gasteiger partial charge in [-0.1, -0.05) is 12.1 Å². The molecule has 9 nitrogen and oxygen atoms in total. The molecule has 0 radical (unpaired) electrons. The number of nitrogens with zero attached hydrogens (tertiary/aromatic N) is 4.